The molecule has 9 heteroatoms. The molecule has 2 rings (SSSR count). The minimum Gasteiger partial charge on any atom is -0.495 e. The summed E-state index contributed by atoms with van der Waals surface area (Å²) in [6, 6.07) is 5.74. The molecule has 1 atom stereocenters. The topological polar surface area (TPSA) is 90.4 Å². The van der Waals surface area contributed by atoms with Gasteiger partial charge in [0.2, 0.25) is 5.13 Å². The van der Waals surface area contributed by atoms with E-state index in [9.17, 15) is 9.59 Å². The number of nitrogens with one attached hydrogen (secondary N) is 1. The zero-order valence-electron chi connectivity index (χ0n) is 14.4. The standard InChI is InChI=1S/C16H19N3O4S2/c1-5-23-14(21)13(10(3)20)24-16-19-18-15(25-16)17-11-8-9(2)6-7-12(11)22-4/h6-8,13H,5H2,1-4H3,(H,17,18). The molecule has 1 aromatic carbocycles. The fourth-order valence-corrected chi connectivity index (χ4v) is 3.79. The van der Waals surface area contributed by atoms with Crippen LogP contribution in [0.1, 0.15) is 19.4 Å². The number of aryl methyl sites for hydroxylation is 1. The number of hydrogen-bond donors (Lipinski definition) is 1. The molecule has 0 saturated carbocycles. The maximum Gasteiger partial charge on any atom is 0.327 e. The summed E-state index contributed by atoms with van der Waals surface area (Å²) in [4.78, 5) is 23.6. The number of thioether (sulfide) groups is 1. The van der Waals surface area contributed by atoms with Crippen molar-refractivity contribution < 1.29 is 19.1 Å². The number of aromatic nitrogens is 2. The van der Waals surface area contributed by atoms with Crippen LogP contribution in [-0.4, -0.2) is 40.9 Å². The van der Waals surface area contributed by atoms with E-state index in [1.54, 1.807) is 14.0 Å². The lowest BCUT2D eigenvalue weighted by molar-refractivity contribution is -0.144. The average molecular weight is 381 g/mol. The van der Waals surface area contributed by atoms with E-state index in [1.165, 1.54) is 18.3 Å². The van der Waals surface area contributed by atoms with Gasteiger partial charge in [-0.1, -0.05) is 29.2 Å². The minimum absolute atomic E-state index is 0.221. The van der Waals surface area contributed by atoms with Gasteiger partial charge < -0.3 is 14.8 Å². The molecule has 25 heavy (non-hydrogen) atoms. The Hall–Kier alpha value is -2.13. The summed E-state index contributed by atoms with van der Waals surface area (Å²) in [6.07, 6.45) is 0. The number of benzene rings is 1. The molecule has 134 valence electrons. The number of methoxy groups -OCH3 is 1. The van der Waals surface area contributed by atoms with Crippen LogP contribution >= 0.6 is 23.1 Å². The Morgan fingerprint density at radius 1 is 1.36 bits per heavy atom. The molecule has 0 saturated heterocycles. The first kappa shape index (κ1) is 19.2. The molecule has 0 bridgehead atoms. The minimum atomic E-state index is -0.936. The Bertz CT molecular complexity index is 764. The van der Waals surface area contributed by atoms with Crippen molar-refractivity contribution in [2.75, 3.05) is 19.0 Å². The Balaban J connectivity index is 2.13. The van der Waals surface area contributed by atoms with Crippen molar-refractivity contribution in [3.05, 3.63) is 23.8 Å². The molecule has 1 heterocycles. The molecule has 0 aliphatic rings. The van der Waals surface area contributed by atoms with Gasteiger partial charge in [0.1, 0.15) is 5.75 Å². The summed E-state index contributed by atoms with van der Waals surface area (Å²) < 4.78 is 10.7. The van der Waals surface area contributed by atoms with Gasteiger partial charge >= 0.3 is 5.97 Å². The van der Waals surface area contributed by atoms with Gasteiger partial charge in [0.15, 0.2) is 15.4 Å². The predicted octanol–water partition coefficient (Wildman–Crippen LogP) is 3.21. The van der Waals surface area contributed by atoms with Crippen molar-refractivity contribution in [2.24, 2.45) is 0 Å². The highest BCUT2D eigenvalue weighted by Gasteiger charge is 2.27. The summed E-state index contributed by atoms with van der Waals surface area (Å²) >= 11 is 2.29. The average Bonchev–Trinajstić information content (AvgIpc) is 3.00. The van der Waals surface area contributed by atoms with E-state index < -0.39 is 11.2 Å². The van der Waals surface area contributed by atoms with Crippen LogP contribution in [0, 0.1) is 6.92 Å². The fourth-order valence-electron chi connectivity index (χ4n) is 1.96. The van der Waals surface area contributed by atoms with Gasteiger partial charge in [-0.3, -0.25) is 9.59 Å². The number of anilines is 2. The first-order valence-corrected chi connectivity index (χ1v) is 9.23. The van der Waals surface area contributed by atoms with Gasteiger partial charge in [0, 0.05) is 0 Å². The summed E-state index contributed by atoms with van der Waals surface area (Å²) in [6.45, 7) is 5.25. The Labute approximate surface area is 154 Å². The zero-order chi connectivity index (χ0) is 18.4. The highest BCUT2D eigenvalue weighted by molar-refractivity contribution is 8.03. The predicted molar refractivity (Wildman–Crippen MR) is 97.9 cm³/mol. The normalized spacial score (nSPS) is 11.7. The second kappa shape index (κ2) is 8.82. The Morgan fingerprint density at radius 2 is 2.12 bits per heavy atom. The van der Waals surface area contributed by atoms with E-state index in [4.69, 9.17) is 9.47 Å². The fraction of sp³-hybridized carbons (Fsp3) is 0.375. The van der Waals surface area contributed by atoms with Crippen LogP contribution in [0.25, 0.3) is 0 Å². The van der Waals surface area contributed by atoms with Gasteiger partial charge in [0.05, 0.1) is 19.4 Å². The van der Waals surface area contributed by atoms with E-state index in [0.29, 0.717) is 15.2 Å². The second-order valence-electron chi connectivity index (χ2n) is 5.06. The van der Waals surface area contributed by atoms with Crippen LogP contribution in [0.4, 0.5) is 10.8 Å². The lowest BCUT2D eigenvalue weighted by Gasteiger charge is -2.10. The van der Waals surface area contributed by atoms with Crippen LogP contribution in [0.15, 0.2) is 22.5 Å². The van der Waals surface area contributed by atoms with E-state index >= 15 is 0 Å². The Kier molecular flexibility index (Phi) is 6.77. The number of carbonyl (C=O) groups excluding carboxylic acids is 2. The van der Waals surface area contributed by atoms with E-state index in [1.807, 2.05) is 25.1 Å². The van der Waals surface area contributed by atoms with Gasteiger partial charge in [0.25, 0.3) is 0 Å². The molecule has 0 radical (unpaired) electrons. The quantitative estimate of drug-likeness (QED) is 0.423. The van der Waals surface area contributed by atoms with Crippen LogP contribution in [0.2, 0.25) is 0 Å². The molecule has 7 nitrogen and oxygen atoms in total. The zero-order valence-corrected chi connectivity index (χ0v) is 16.0. The number of hydrogen-bond acceptors (Lipinski definition) is 9. The molecule has 0 amide bonds. The van der Waals surface area contributed by atoms with E-state index in [0.717, 1.165) is 23.0 Å². The van der Waals surface area contributed by atoms with Crippen molar-refractivity contribution in [1.82, 2.24) is 10.2 Å². The highest BCUT2D eigenvalue weighted by atomic mass is 32.2. The highest BCUT2D eigenvalue weighted by Crippen LogP contribution is 2.34. The number of ether oxygens (including phenoxy) is 2. The molecular weight excluding hydrogens is 362 g/mol. The third-order valence-electron chi connectivity index (χ3n) is 3.09. The number of Topliss-reactive ketones (excluding diaryl/α,β-unsaturated/α-hetero) is 1. The van der Waals surface area contributed by atoms with Crippen LogP contribution in [-0.2, 0) is 14.3 Å². The van der Waals surface area contributed by atoms with Crippen LogP contribution in [0.5, 0.6) is 5.75 Å². The molecule has 0 spiro atoms. The van der Waals surface area contributed by atoms with Crippen molar-refractivity contribution >= 4 is 45.7 Å². The summed E-state index contributed by atoms with van der Waals surface area (Å²) in [7, 11) is 1.59. The van der Waals surface area contributed by atoms with Gasteiger partial charge in [-0.05, 0) is 38.5 Å². The number of carbonyl (C=O) groups is 2. The second-order valence-corrected chi connectivity index (χ2v) is 7.39. The largest absolute Gasteiger partial charge is 0.495 e. The molecule has 1 unspecified atom stereocenters. The molecule has 0 fully saturated rings. The summed E-state index contributed by atoms with van der Waals surface area (Å²) in [5.41, 5.74) is 1.84. The molecule has 1 aromatic heterocycles. The van der Waals surface area contributed by atoms with E-state index in [2.05, 4.69) is 15.5 Å². The number of esters is 1. The molecule has 0 aliphatic carbocycles. The number of ketones is 1. The first-order chi connectivity index (χ1) is 11.9. The maximum absolute atomic E-state index is 11.9. The van der Waals surface area contributed by atoms with Crippen molar-refractivity contribution in [1.29, 1.82) is 0 Å². The van der Waals surface area contributed by atoms with Crippen molar-refractivity contribution in [2.45, 2.75) is 30.4 Å². The van der Waals surface area contributed by atoms with E-state index in [-0.39, 0.29) is 12.4 Å². The first-order valence-electron chi connectivity index (χ1n) is 7.53. The third kappa shape index (κ3) is 5.17. The third-order valence-corrected chi connectivity index (χ3v) is 5.31. The van der Waals surface area contributed by atoms with Crippen LogP contribution in [0.3, 0.4) is 0 Å². The van der Waals surface area contributed by atoms with Gasteiger partial charge in [-0.15, -0.1) is 10.2 Å². The molecule has 1 N–H and O–H groups in total. The maximum atomic E-state index is 11.9. The lowest BCUT2D eigenvalue weighted by atomic mass is 10.2. The number of nitrogens with zero attached hydrogens (tertiary/aromatic N) is 2. The van der Waals surface area contributed by atoms with Gasteiger partial charge in [-0.25, -0.2) is 0 Å². The summed E-state index contributed by atoms with van der Waals surface area (Å²) in [5.74, 6) is -0.165. The smallest absolute Gasteiger partial charge is 0.327 e. The summed E-state index contributed by atoms with van der Waals surface area (Å²) in [5, 5.41) is 10.8. The molecule has 0 aliphatic heterocycles. The SMILES string of the molecule is CCOC(=O)C(Sc1nnc(Nc2cc(C)ccc2OC)s1)C(C)=O. The molecule has 2 aromatic rings. The van der Waals surface area contributed by atoms with Crippen molar-refractivity contribution in [3.63, 3.8) is 0 Å². The molecular formula is C16H19N3O4S2. The van der Waals surface area contributed by atoms with Crippen molar-refractivity contribution in [3.8, 4) is 5.75 Å². The Morgan fingerprint density at radius 3 is 2.76 bits per heavy atom. The van der Waals surface area contributed by atoms with Crippen LogP contribution < -0.4 is 10.1 Å². The van der Waals surface area contributed by atoms with Gasteiger partial charge in [-0.2, -0.15) is 0 Å². The lowest BCUT2D eigenvalue weighted by Crippen LogP contribution is -2.27. The number of rotatable bonds is 8. The monoisotopic (exact) mass is 381 g/mol.